The molecule has 0 spiro atoms. The van der Waals surface area contributed by atoms with Gasteiger partial charge in [-0.05, 0) is 24.3 Å². The summed E-state index contributed by atoms with van der Waals surface area (Å²) in [5.41, 5.74) is -0.425. The van der Waals surface area contributed by atoms with Crippen molar-refractivity contribution in [1.29, 1.82) is 0 Å². The number of benzene rings is 1. The molecule has 1 aliphatic heterocycles. The summed E-state index contributed by atoms with van der Waals surface area (Å²) >= 11 is 6.29. The van der Waals surface area contributed by atoms with Gasteiger partial charge in [-0.1, -0.05) is 23.7 Å². The van der Waals surface area contributed by atoms with Crippen LogP contribution in [0, 0.1) is 0 Å². The number of rotatable bonds is 3. The van der Waals surface area contributed by atoms with Crippen LogP contribution in [0.3, 0.4) is 0 Å². The van der Waals surface area contributed by atoms with Gasteiger partial charge < -0.3 is 14.9 Å². The molecule has 0 atom stereocenters. The fourth-order valence-electron chi connectivity index (χ4n) is 3.41. The maximum Gasteiger partial charge on any atom is 0.417 e. The maximum atomic E-state index is 12.7. The molecule has 1 N–H and O–H groups in total. The molecule has 162 valence electrons. The standard InChI is InChI=1S/C20H17ClF3N5O2/c21-18-15(28-9-7-27(8-10-28)14-3-1-2-4-16(14)30)12-26-29(19(18)31)17-6-5-13(11-25-17)20(22,23)24/h1-6,11-12,30H,7-10H2. The highest BCUT2D eigenvalue weighted by Gasteiger charge is 2.31. The maximum absolute atomic E-state index is 12.7. The predicted molar refractivity (Wildman–Crippen MR) is 110 cm³/mol. The third kappa shape index (κ3) is 4.15. The highest BCUT2D eigenvalue weighted by atomic mass is 35.5. The molecule has 1 fully saturated rings. The van der Waals surface area contributed by atoms with Crippen LogP contribution in [0.2, 0.25) is 5.02 Å². The van der Waals surface area contributed by atoms with E-state index in [2.05, 4.69) is 10.1 Å². The average Bonchev–Trinajstić information content (AvgIpc) is 2.76. The van der Waals surface area contributed by atoms with Gasteiger partial charge in [0.1, 0.15) is 10.8 Å². The van der Waals surface area contributed by atoms with Crippen molar-refractivity contribution in [2.24, 2.45) is 0 Å². The number of alkyl halides is 3. The predicted octanol–water partition coefficient (Wildman–Crippen LogP) is 3.33. The molecule has 0 amide bonds. The lowest BCUT2D eigenvalue weighted by Crippen LogP contribution is -2.47. The zero-order valence-corrected chi connectivity index (χ0v) is 16.8. The molecule has 0 unspecified atom stereocenters. The Hall–Kier alpha value is -3.27. The Balaban J connectivity index is 1.53. The Kier molecular flexibility index (Phi) is 5.48. The SMILES string of the molecule is O=c1c(Cl)c(N2CCN(c3ccccc3O)CC2)cnn1-c1ccc(C(F)(F)F)cn1. The summed E-state index contributed by atoms with van der Waals surface area (Å²) in [6, 6.07) is 8.95. The Morgan fingerprint density at radius 3 is 2.16 bits per heavy atom. The van der Waals surface area contributed by atoms with Crippen LogP contribution in [0.5, 0.6) is 5.75 Å². The second kappa shape index (κ2) is 8.10. The van der Waals surface area contributed by atoms with E-state index in [4.69, 9.17) is 11.6 Å². The molecule has 0 aliphatic carbocycles. The molecule has 0 bridgehead atoms. The van der Waals surface area contributed by atoms with Crippen molar-refractivity contribution >= 4 is 23.0 Å². The summed E-state index contributed by atoms with van der Waals surface area (Å²) in [7, 11) is 0. The monoisotopic (exact) mass is 451 g/mol. The lowest BCUT2D eigenvalue weighted by Gasteiger charge is -2.37. The van der Waals surface area contributed by atoms with Crippen molar-refractivity contribution < 1.29 is 18.3 Å². The molecular formula is C20H17ClF3N5O2. The molecule has 7 nitrogen and oxygen atoms in total. The van der Waals surface area contributed by atoms with Gasteiger partial charge >= 0.3 is 6.18 Å². The number of hydrogen-bond acceptors (Lipinski definition) is 6. The number of para-hydroxylation sites is 2. The number of piperazine rings is 1. The molecule has 1 aromatic carbocycles. The molecule has 31 heavy (non-hydrogen) atoms. The summed E-state index contributed by atoms with van der Waals surface area (Å²) in [5, 5.41) is 14.0. The van der Waals surface area contributed by atoms with E-state index in [0.29, 0.717) is 38.1 Å². The fourth-order valence-corrected chi connectivity index (χ4v) is 3.65. The molecule has 2 aromatic heterocycles. The van der Waals surface area contributed by atoms with Crippen molar-refractivity contribution in [2.45, 2.75) is 6.18 Å². The summed E-state index contributed by atoms with van der Waals surface area (Å²) in [6.07, 6.45) is -2.48. The number of nitrogens with zero attached hydrogens (tertiary/aromatic N) is 5. The molecule has 0 radical (unpaired) electrons. The lowest BCUT2D eigenvalue weighted by molar-refractivity contribution is -0.137. The van der Waals surface area contributed by atoms with Gasteiger partial charge in [0.15, 0.2) is 5.82 Å². The molecule has 11 heteroatoms. The van der Waals surface area contributed by atoms with Crippen molar-refractivity contribution in [3.8, 4) is 11.6 Å². The average molecular weight is 452 g/mol. The minimum absolute atomic E-state index is 0.0594. The van der Waals surface area contributed by atoms with Crippen LogP contribution in [0.1, 0.15) is 5.56 Å². The van der Waals surface area contributed by atoms with Crippen LogP contribution in [-0.2, 0) is 6.18 Å². The smallest absolute Gasteiger partial charge is 0.417 e. The van der Waals surface area contributed by atoms with Gasteiger partial charge in [0.25, 0.3) is 5.56 Å². The lowest BCUT2D eigenvalue weighted by atomic mass is 10.2. The number of phenols is 1. The van der Waals surface area contributed by atoms with E-state index in [0.717, 1.165) is 22.5 Å². The van der Waals surface area contributed by atoms with E-state index in [1.54, 1.807) is 12.1 Å². The minimum Gasteiger partial charge on any atom is -0.506 e. The summed E-state index contributed by atoms with van der Waals surface area (Å²) < 4.78 is 39.0. The van der Waals surface area contributed by atoms with Crippen LogP contribution in [0.25, 0.3) is 5.82 Å². The number of aromatic nitrogens is 3. The second-order valence-corrected chi connectivity index (χ2v) is 7.30. The number of hydrogen-bond donors (Lipinski definition) is 1. The third-order valence-electron chi connectivity index (χ3n) is 5.04. The first-order chi connectivity index (χ1) is 14.8. The molecule has 0 saturated carbocycles. The van der Waals surface area contributed by atoms with Gasteiger partial charge in [-0.3, -0.25) is 4.79 Å². The molecule has 4 rings (SSSR count). The summed E-state index contributed by atoms with van der Waals surface area (Å²) in [5.74, 6) is 0.137. The van der Waals surface area contributed by atoms with Gasteiger partial charge in [0, 0.05) is 32.4 Å². The number of aromatic hydroxyl groups is 1. The number of pyridine rings is 1. The molecular weight excluding hydrogens is 435 g/mol. The van der Waals surface area contributed by atoms with Crippen LogP contribution < -0.4 is 15.4 Å². The fraction of sp³-hybridized carbons (Fsp3) is 0.250. The number of halogens is 4. The molecule has 1 aliphatic rings. The normalized spacial score (nSPS) is 14.7. The Morgan fingerprint density at radius 1 is 0.935 bits per heavy atom. The Morgan fingerprint density at radius 2 is 1.58 bits per heavy atom. The van der Waals surface area contributed by atoms with E-state index in [1.165, 1.54) is 6.20 Å². The van der Waals surface area contributed by atoms with Gasteiger partial charge in [-0.15, -0.1) is 0 Å². The van der Waals surface area contributed by atoms with E-state index < -0.39 is 17.3 Å². The van der Waals surface area contributed by atoms with Crippen LogP contribution in [-0.4, -0.2) is 46.1 Å². The van der Waals surface area contributed by atoms with Crippen molar-refractivity contribution in [3.05, 3.63) is 69.7 Å². The first kappa shape index (κ1) is 21.0. The molecule has 1 saturated heterocycles. The van der Waals surface area contributed by atoms with Gasteiger partial charge in [-0.25, -0.2) is 4.98 Å². The summed E-state index contributed by atoms with van der Waals surface area (Å²) in [4.78, 5) is 20.3. The number of phenolic OH excluding ortho intramolecular Hbond substituents is 1. The summed E-state index contributed by atoms with van der Waals surface area (Å²) in [6.45, 7) is 2.27. The van der Waals surface area contributed by atoms with Crippen LogP contribution >= 0.6 is 11.6 Å². The van der Waals surface area contributed by atoms with Crippen molar-refractivity contribution in [2.75, 3.05) is 36.0 Å². The van der Waals surface area contributed by atoms with E-state index in [9.17, 15) is 23.1 Å². The Labute approximate surface area is 179 Å². The largest absolute Gasteiger partial charge is 0.506 e. The highest BCUT2D eigenvalue weighted by Crippen LogP contribution is 2.30. The second-order valence-electron chi connectivity index (χ2n) is 6.93. The highest BCUT2D eigenvalue weighted by molar-refractivity contribution is 6.33. The quantitative estimate of drug-likeness (QED) is 0.658. The minimum atomic E-state index is -4.52. The van der Waals surface area contributed by atoms with Gasteiger partial charge in [-0.2, -0.15) is 23.0 Å². The zero-order chi connectivity index (χ0) is 22.2. The first-order valence-corrected chi connectivity index (χ1v) is 9.73. The third-order valence-corrected chi connectivity index (χ3v) is 5.39. The van der Waals surface area contributed by atoms with Gasteiger partial charge in [0.05, 0.1) is 23.1 Å². The Bertz CT molecular complexity index is 1140. The van der Waals surface area contributed by atoms with Crippen LogP contribution in [0.15, 0.2) is 53.6 Å². The van der Waals surface area contributed by atoms with E-state index in [1.807, 2.05) is 21.9 Å². The van der Waals surface area contributed by atoms with E-state index in [-0.39, 0.29) is 16.6 Å². The van der Waals surface area contributed by atoms with Crippen LogP contribution in [0.4, 0.5) is 24.5 Å². The first-order valence-electron chi connectivity index (χ1n) is 9.35. The van der Waals surface area contributed by atoms with Gasteiger partial charge in [0.2, 0.25) is 0 Å². The number of anilines is 2. The zero-order valence-electron chi connectivity index (χ0n) is 16.1. The topological polar surface area (TPSA) is 74.5 Å². The molecule has 3 heterocycles. The van der Waals surface area contributed by atoms with Crippen molar-refractivity contribution in [1.82, 2.24) is 14.8 Å². The van der Waals surface area contributed by atoms with E-state index >= 15 is 0 Å². The molecule has 3 aromatic rings. The van der Waals surface area contributed by atoms with Crippen molar-refractivity contribution in [3.63, 3.8) is 0 Å².